The second-order valence-electron chi connectivity index (χ2n) is 10.8. The third kappa shape index (κ3) is 10.7. The summed E-state index contributed by atoms with van der Waals surface area (Å²) in [7, 11) is 0. The van der Waals surface area contributed by atoms with Gasteiger partial charge in [0.15, 0.2) is 0 Å². The van der Waals surface area contributed by atoms with E-state index in [0.717, 1.165) is 36.1 Å². The first kappa shape index (κ1) is 35.8. The first-order valence-electron chi connectivity index (χ1n) is 14.6. The van der Waals surface area contributed by atoms with Crippen LogP contribution in [0.3, 0.4) is 0 Å². The minimum atomic E-state index is -4.73. The summed E-state index contributed by atoms with van der Waals surface area (Å²) in [5.74, 6) is 0.144. The van der Waals surface area contributed by atoms with Crippen molar-refractivity contribution in [3.63, 3.8) is 0 Å². The molecule has 0 aliphatic heterocycles. The molecule has 0 unspecified atom stereocenters. The number of amides is 1. The lowest BCUT2D eigenvalue weighted by atomic mass is 10.0. The van der Waals surface area contributed by atoms with Crippen LogP contribution in [0, 0.1) is 9.93 Å². The number of carbonyl (C=O) groups excluding carboxylic acids is 1. The molecule has 1 fully saturated rings. The van der Waals surface area contributed by atoms with Gasteiger partial charge < -0.3 is 24.6 Å². The lowest BCUT2D eigenvalue weighted by molar-refractivity contribution is -0.274. The van der Waals surface area contributed by atoms with Crippen molar-refractivity contribution in [2.24, 2.45) is 0 Å². The second-order valence-corrected chi connectivity index (χ2v) is 11.7. The summed E-state index contributed by atoms with van der Waals surface area (Å²) < 4.78 is 56.8. The molecule has 4 aromatic carbocycles. The Bertz CT molecular complexity index is 1650. The van der Waals surface area contributed by atoms with Crippen LogP contribution in [-0.4, -0.2) is 35.5 Å². The van der Waals surface area contributed by atoms with E-state index < -0.39 is 12.3 Å². The summed E-state index contributed by atoms with van der Waals surface area (Å²) in [5.41, 5.74) is 0.726. The number of carboxylic acid groups (broad SMARTS) is 1. The highest BCUT2D eigenvalue weighted by atomic mass is 32.2. The first-order chi connectivity index (χ1) is 23.1. The van der Waals surface area contributed by atoms with E-state index in [1.807, 2.05) is 12.1 Å². The molecule has 0 saturated heterocycles. The van der Waals surface area contributed by atoms with Gasteiger partial charge in [-0.05, 0) is 103 Å². The number of nitrogens with one attached hydrogen (secondary N) is 2. The van der Waals surface area contributed by atoms with Gasteiger partial charge in [0.2, 0.25) is 5.91 Å². The Morgan fingerprint density at radius 1 is 0.792 bits per heavy atom. The molecule has 1 saturated carbocycles. The van der Waals surface area contributed by atoms with Gasteiger partial charge in [-0.25, -0.2) is 4.79 Å². The van der Waals surface area contributed by atoms with Gasteiger partial charge in [0.05, 0.1) is 23.2 Å². The average Bonchev–Trinajstić information content (AvgIpc) is 3.54. The number of halogens is 3. The zero-order valence-electron chi connectivity index (χ0n) is 25.3. The number of hydrogen-bond acceptors (Lipinski definition) is 9. The Morgan fingerprint density at radius 3 is 1.96 bits per heavy atom. The number of carbonyl (C=O) groups is 2. The lowest BCUT2D eigenvalue weighted by Crippen LogP contribution is -2.44. The molecular formula is C34H31F3N2O8S. The molecule has 4 aromatic rings. The fraction of sp³-hybridized carbons (Fsp3) is 0.235. The zero-order chi connectivity index (χ0) is 34.6. The molecule has 1 amide bonds. The van der Waals surface area contributed by atoms with Crippen LogP contribution in [0.25, 0.3) is 0 Å². The van der Waals surface area contributed by atoms with Crippen LogP contribution in [-0.2, 0) is 11.2 Å². The van der Waals surface area contributed by atoms with Crippen molar-refractivity contribution >= 4 is 29.5 Å². The van der Waals surface area contributed by atoms with Gasteiger partial charge in [-0.1, -0.05) is 37.1 Å². The third-order valence-electron chi connectivity index (χ3n) is 7.30. The SMILES string of the molecule is O=C(Cc1ccc(Oc2ccc(OCC3(NSc4ccc(OC(F)(F)F)cc4)CCCC3)cc2)cc1)Nc1ccccc1C(=O)O.O=O. The molecule has 1 aliphatic rings. The number of rotatable bonds is 13. The van der Waals surface area contributed by atoms with Crippen LogP contribution in [0.2, 0.25) is 0 Å². The number of carboxylic acids is 1. The molecule has 0 heterocycles. The maximum Gasteiger partial charge on any atom is 0.573 e. The predicted octanol–water partition coefficient (Wildman–Crippen LogP) is 8.31. The molecule has 0 atom stereocenters. The Hall–Kier alpha value is -5.08. The van der Waals surface area contributed by atoms with Crippen molar-refractivity contribution in [2.45, 2.75) is 48.9 Å². The number of aromatic carboxylic acids is 1. The highest BCUT2D eigenvalue weighted by Crippen LogP contribution is 2.35. The van der Waals surface area contributed by atoms with E-state index in [1.165, 1.54) is 30.1 Å². The first-order valence-corrected chi connectivity index (χ1v) is 15.5. The summed E-state index contributed by atoms with van der Waals surface area (Å²) in [6.07, 6.45) is -0.753. The molecule has 10 nitrogen and oxygen atoms in total. The number of hydrogen-bond donors (Lipinski definition) is 3. The van der Waals surface area contributed by atoms with Gasteiger partial charge >= 0.3 is 12.3 Å². The van der Waals surface area contributed by atoms with E-state index in [0.29, 0.717) is 23.9 Å². The molecule has 0 aromatic heterocycles. The number of ether oxygens (including phenoxy) is 3. The van der Waals surface area contributed by atoms with Crippen molar-refractivity contribution in [1.29, 1.82) is 0 Å². The fourth-order valence-electron chi connectivity index (χ4n) is 5.00. The monoisotopic (exact) mass is 684 g/mol. The summed E-state index contributed by atoms with van der Waals surface area (Å²) in [6.45, 7) is 0.423. The van der Waals surface area contributed by atoms with E-state index >= 15 is 0 Å². The molecule has 0 spiro atoms. The Kier molecular flexibility index (Phi) is 12.4. The smallest absolute Gasteiger partial charge is 0.492 e. The standard InChI is InChI=1S/C34H31F3N2O6S.O2/c35-34(36,37)45-27-15-17-28(18-16-27)46-39-33(19-3-4-20-33)22-43-24-11-13-26(14-12-24)44-25-9-7-23(8-10-25)21-31(40)38-30-6-2-1-5-29(30)32(41)42;1-2/h1-2,5-18,39H,3-4,19-22H2,(H,38,40)(H,41,42);. The molecular weight excluding hydrogens is 653 g/mol. The number of benzene rings is 4. The van der Waals surface area contributed by atoms with Crippen LogP contribution >= 0.6 is 11.9 Å². The van der Waals surface area contributed by atoms with Crippen LogP contribution in [0.1, 0.15) is 41.6 Å². The Morgan fingerprint density at radius 2 is 1.35 bits per heavy atom. The maximum absolute atomic E-state index is 12.5. The Balaban J connectivity index is 0.00000255. The summed E-state index contributed by atoms with van der Waals surface area (Å²) in [5, 5.41) is 11.9. The van der Waals surface area contributed by atoms with Gasteiger partial charge in [-0.3, -0.25) is 9.52 Å². The van der Waals surface area contributed by atoms with Gasteiger partial charge in [0.25, 0.3) is 0 Å². The minimum absolute atomic E-state index is 0.0235. The molecule has 14 heteroatoms. The zero-order valence-corrected chi connectivity index (χ0v) is 26.1. The molecule has 1 aliphatic carbocycles. The number of anilines is 1. The highest BCUT2D eigenvalue weighted by Gasteiger charge is 2.35. The molecule has 5 rings (SSSR count). The van der Waals surface area contributed by atoms with Gasteiger partial charge in [0.1, 0.15) is 29.6 Å². The second kappa shape index (κ2) is 16.7. The lowest BCUT2D eigenvalue weighted by Gasteiger charge is -2.29. The molecule has 3 N–H and O–H groups in total. The van der Waals surface area contributed by atoms with Crippen LogP contribution in [0.5, 0.6) is 23.0 Å². The topological polar surface area (TPSA) is 140 Å². The maximum atomic E-state index is 12.5. The number of para-hydroxylation sites is 1. The third-order valence-corrected chi connectivity index (χ3v) is 8.34. The van der Waals surface area contributed by atoms with Crippen molar-refractivity contribution in [3.05, 3.63) is 118 Å². The van der Waals surface area contributed by atoms with Crippen molar-refractivity contribution in [3.8, 4) is 23.0 Å². The average molecular weight is 685 g/mol. The van der Waals surface area contributed by atoms with Crippen molar-refractivity contribution in [1.82, 2.24) is 4.72 Å². The fourth-order valence-corrected chi connectivity index (χ4v) is 5.87. The molecule has 252 valence electrons. The normalized spacial score (nSPS) is 13.5. The highest BCUT2D eigenvalue weighted by molar-refractivity contribution is 7.97. The quantitative estimate of drug-likeness (QED) is 0.118. The summed E-state index contributed by atoms with van der Waals surface area (Å²) in [4.78, 5) is 38.6. The van der Waals surface area contributed by atoms with E-state index in [9.17, 15) is 27.9 Å². The van der Waals surface area contributed by atoms with E-state index in [-0.39, 0.29) is 34.9 Å². The van der Waals surface area contributed by atoms with Crippen molar-refractivity contribution in [2.75, 3.05) is 11.9 Å². The Labute approximate surface area is 277 Å². The minimum Gasteiger partial charge on any atom is -0.492 e. The number of alkyl halides is 3. The summed E-state index contributed by atoms with van der Waals surface area (Å²) >= 11 is 1.36. The summed E-state index contributed by atoms with van der Waals surface area (Å²) in [6, 6.07) is 26.2. The van der Waals surface area contributed by atoms with Gasteiger partial charge in [-0.15, -0.1) is 13.2 Å². The predicted molar refractivity (Wildman–Crippen MR) is 174 cm³/mol. The largest absolute Gasteiger partial charge is 0.573 e. The van der Waals surface area contributed by atoms with Crippen LogP contribution in [0.4, 0.5) is 18.9 Å². The van der Waals surface area contributed by atoms with E-state index in [1.54, 1.807) is 66.7 Å². The van der Waals surface area contributed by atoms with E-state index in [4.69, 9.17) is 19.4 Å². The van der Waals surface area contributed by atoms with Crippen LogP contribution in [0.15, 0.2) is 102 Å². The molecule has 0 radical (unpaired) electrons. The molecule has 0 bridgehead atoms. The molecule has 48 heavy (non-hydrogen) atoms. The van der Waals surface area contributed by atoms with Gasteiger partial charge in [0, 0.05) is 14.8 Å². The van der Waals surface area contributed by atoms with Crippen molar-refractivity contribution < 1.29 is 42.1 Å². The van der Waals surface area contributed by atoms with E-state index in [2.05, 4.69) is 14.8 Å². The van der Waals surface area contributed by atoms with Crippen LogP contribution < -0.4 is 24.2 Å². The van der Waals surface area contributed by atoms with Gasteiger partial charge in [-0.2, -0.15) is 0 Å².